The maximum Gasteiger partial charge on any atom is 0.439 e. The van der Waals surface area contributed by atoms with Crippen LogP contribution in [0.4, 0.5) is 0 Å². The summed E-state index contributed by atoms with van der Waals surface area (Å²) in [5.74, 6) is -6.46. The van der Waals surface area contributed by atoms with Gasteiger partial charge in [-0.2, -0.15) is 0 Å². The van der Waals surface area contributed by atoms with Crippen LogP contribution in [0.3, 0.4) is 0 Å². The van der Waals surface area contributed by atoms with Crippen molar-refractivity contribution in [1.82, 2.24) is 0 Å². The standard InChI is InChI=1S/C14H22O8/c1-6-8-11(16)20-14(7-2,19-10(5)15)13(18)22-21-12(17)9(3)4/h9H,6-8H2,1-5H3. The summed E-state index contributed by atoms with van der Waals surface area (Å²) in [7, 11) is 0. The normalized spacial score (nSPS) is 13.0. The number of hydrogen-bond donors (Lipinski definition) is 0. The van der Waals surface area contributed by atoms with E-state index in [0.29, 0.717) is 6.42 Å². The molecule has 8 nitrogen and oxygen atoms in total. The Morgan fingerprint density at radius 3 is 2.00 bits per heavy atom. The molecule has 0 aromatic carbocycles. The molecule has 0 N–H and O–H groups in total. The number of carbonyl (C=O) groups is 4. The maximum atomic E-state index is 12.0. The van der Waals surface area contributed by atoms with Crippen LogP contribution in [0.5, 0.6) is 0 Å². The lowest BCUT2D eigenvalue weighted by Crippen LogP contribution is -2.48. The monoisotopic (exact) mass is 318 g/mol. The minimum Gasteiger partial charge on any atom is -0.412 e. The van der Waals surface area contributed by atoms with Gasteiger partial charge in [-0.15, -0.1) is 0 Å². The van der Waals surface area contributed by atoms with E-state index in [9.17, 15) is 19.2 Å². The van der Waals surface area contributed by atoms with E-state index in [1.54, 1.807) is 6.92 Å². The molecule has 1 atom stereocenters. The molecule has 0 radical (unpaired) electrons. The third kappa shape index (κ3) is 6.11. The van der Waals surface area contributed by atoms with Crippen LogP contribution in [0, 0.1) is 5.92 Å². The van der Waals surface area contributed by atoms with Crippen LogP contribution in [0.15, 0.2) is 0 Å². The maximum absolute atomic E-state index is 12.0. The third-order valence-electron chi connectivity index (χ3n) is 2.49. The quantitative estimate of drug-likeness (QED) is 0.302. The lowest BCUT2D eigenvalue weighted by molar-refractivity contribution is -0.295. The predicted octanol–water partition coefficient (Wildman–Crippen LogP) is 1.66. The summed E-state index contributed by atoms with van der Waals surface area (Å²) in [6.45, 7) is 7.32. The van der Waals surface area contributed by atoms with Crippen molar-refractivity contribution in [2.45, 2.75) is 59.7 Å². The molecule has 0 aliphatic heterocycles. The molecular weight excluding hydrogens is 296 g/mol. The van der Waals surface area contributed by atoms with Crippen molar-refractivity contribution in [1.29, 1.82) is 0 Å². The fourth-order valence-electron chi connectivity index (χ4n) is 1.30. The van der Waals surface area contributed by atoms with Gasteiger partial charge >= 0.3 is 29.7 Å². The van der Waals surface area contributed by atoms with Gasteiger partial charge in [-0.05, 0) is 6.42 Å². The van der Waals surface area contributed by atoms with Gasteiger partial charge in [0.1, 0.15) is 0 Å². The molecule has 0 aromatic rings. The largest absolute Gasteiger partial charge is 0.439 e. The van der Waals surface area contributed by atoms with E-state index in [4.69, 9.17) is 9.47 Å². The van der Waals surface area contributed by atoms with Gasteiger partial charge in [0.05, 0.1) is 5.92 Å². The highest BCUT2D eigenvalue weighted by Gasteiger charge is 2.48. The van der Waals surface area contributed by atoms with Gasteiger partial charge in [0, 0.05) is 19.8 Å². The summed E-state index contributed by atoms with van der Waals surface area (Å²) in [4.78, 5) is 54.8. The first kappa shape index (κ1) is 19.9. The molecule has 0 fully saturated rings. The van der Waals surface area contributed by atoms with Gasteiger partial charge in [-0.25, -0.2) is 19.4 Å². The van der Waals surface area contributed by atoms with Crippen molar-refractivity contribution < 1.29 is 38.4 Å². The average Bonchev–Trinajstić information content (AvgIpc) is 2.42. The van der Waals surface area contributed by atoms with Crippen molar-refractivity contribution in [2.24, 2.45) is 5.92 Å². The fourth-order valence-corrected chi connectivity index (χ4v) is 1.30. The smallest absolute Gasteiger partial charge is 0.412 e. The topological polar surface area (TPSA) is 105 Å². The number of esters is 2. The molecule has 8 heteroatoms. The van der Waals surface area contributed by atoms with Crippen LogP contribution < -0.4 is 0 Å². The van der Waals surface area contributed by atoms with Crippen LogP contribution in [0.25, 0.3) is 0 Å². The van der Waals surface area contributed by atoms with Gasteiger partial charge in [-0.1, -0.05) is 27.7 Å². The van der Waals surface area contributed by atoms with Crippen LogP contribution in [0.1, 0.15) is 53.9 Å². The average molecular weight is 318 g/mol. The Balaban J connectivity index is 5.10. The molecule has 0 heterocycles. The zero-order valence-electron chi connectivity index (χ0n) is 13.5. The van der Waals surface area contributed by atoms with E-state index < -0.39 is 35.6 Å². The van der Waals surface area contributed by atoms with Crippen LogP contribution in [-0.4, -0.2) is 29.7 Å². The summed E-state index contributed by atoms with van der Waals surface area (Å²) in [5, 5.41) is 0. The van der Waals surface area contributed by atoms with Crippen LogP contribution >= 0.6 is 0 Å². The second kappa shape index (κ2) is 9.01. The van der Waals surface area contributed by atoms with E-state index >= 15 is 0 Å². The molecule has 0 rings (SSSR count). The first-order valence-corrected chi connectivity index (χ1v) is 7.02. The zero-order chi connectivity index (χ0) is 17.3. The third-order valence-corrected chi connectivity index (χ3v) is 2.49. The van der Waals surface area contributed by atoms with Crippen molar-refractivity contribution in [3.8, 4) is 0 Å². The predicted molar refractivity (Wildman–Crippen MR) is 72.8 cm³/mol. The molecule has 0 bridgehead atoms. The highest BCUT2D eigenvalue weighted by Crippen LogP contribution is 2.22. The van der Waals surface area contributed by atoms with Gasteiger partial charge in [0.15, 0.2) is 0 Å². The summed E-state index contributed by atoms with van der Waals surface area (Å²) >= 11 is 0. The SMILES string of the molecule is CCCC(=O)OC(CC)(OC(C)=O)C(=O)OOC(=O)C(C)C. The summed E-state index contributed by atoms with van der Waals surface area (Å²) in [5.41, 5.74) is 0. The molecule has 0 amide bonds. The lowest BCUT2D eigenvalue weighted by Gasteiger charge is -2.27. The van der Waals surface area contributed by atoms with Gasteiger partial charge in [0.25, 0.3) is 0 Å². The molecule has 0 saturated heterocycles. The van der Waals surface area contributed by atoms with E-state index in [0.717, 1.165) is 6.92 Å². The van der Waals surface area contributed by atoms with Crippen LogP contribution in [0.2, 0.25) is 0 Å². The van der Waals surface area contributed by atoms with E-state index in [-0.39, 0.29) is 12.8 Å². The number of rotatable bonds is 7. The molecule has 126 valence electrons. The molecule has 0 spiro atoms. The Morgan fingerprint density at radius 2 is 1.59 bits per heavy atom. The fraction of sp³-hybridized carbons (Fsp3) is 0.714. The van der Waals surface area contributed by atoms with Crippen LogP contribution in [-0.2, 0) is 38.4 Å². The zero-order valence-corrected chi connectivity index (χ0v) is 13.5. The Hall–Kier alpha value is -2.12. The number of hydrogen-bond acceptors (Lipinski definition) is 8. The summed E-state index contributed by atoms with van der Waals surface area (Å²) in [6, 6.07) is 0. The molecule has 1 unspecified atom stereocenters. The van der Waals surface area contributed by atoms with Gasteiger partial charge in [0.2, 0.25) is 0 Å². The van der Waals surface area contributed by atoms with Crippen molar-refractivity contribution in [2.75, 3.05) is 0 Å². The first-order chi connectivity index (χ1) is 10.2. The Morgan fingerprint density at radius 1 is 1.00 bits per heavy atom. The van der Waals surface area contributed by atoms with Gasteiger partial charge < -0.3 is 9.47 Å². The second-order valence-electron chi connectivity index (χ2n) is 4.85. The highest BCUT2D eigenvalue weighted by atomic mass is 17.2. The molecule has 0 aromatic heterocycles. The molecule has 22 heavy (non-hydrogen) atoms. The Kier molecular flexibility index (Phi) is 8.14. The van der Waals surface area contributed by atoms with Gasteiger partial charge in [-0.3, -0.25) is 9.59 Å². The Bertz CT molecular complexity index is 429. The first-order valence-electron chi connectivity index (χ1n) is 7.02. The summed E-state index contributed by atoms with van der Waals surface area (Å²) < 4.78 is 9.76. The molecule has 0 saturated carbocycles. The van der Waals surface area contributed by atoms with Crippen molar-refractivity contribution in [3.05, 3.63) is 0 Å². The highest BCUT2D eigenvalue weighted by molar-refractivity contribution is 5.85. The van der Waals surface area contributed by atoms with E-state index in [2.05, 4.69) is 9.78 Å². The Labute approximate surface area is 129 Å². The number of ether oxygens (including phenoxy) is 2. The number of carbonyl (C=O) groups excluding carboxylic acids is 4. The van der Waals surface area contributed by atoms with E-state index in [1.807, 2.05) is 0 Å². The minimum atomic E-state index is -2.27. The van der Waals surface area contributed by atoms with Crippen molar-refractivity contribution >= 4 is 23.9 Å². The minimum absolute atomic E-state index is 0.0298. The summed E-state index contributed by atoms with van der Waals surface area (Å²) in [6.07, 6.45) is 0.318. The second-order valence-corrected chi connectivity index (χ2v) is 4.85. The molecule has 0 aliphatic rings. The molecule has 0 aliphatic carbocycles. The van der Waals surface area contributed by atoms with Crippen molar-refractivity contribution in [3.63, 3.8) is 0 Å². The lowest BCUT2D eigenvalue weighted by atomic mass is 10.2. The van der Waals surface area contributed by atoms with E-state index in [1.165, 1.54) is 20.8 Å². The molecular formula is C14H22O8.